The lowest BCUT2D eigenvalue weighted by molar-refractivity contribution is 0.625. The number of hydrogen-bond acceptors (Lipinski definition) is 5. The first-order valence-corrected chi connectivity index (χ1v) is 17.3. The lowest BCUT2D eigenvalue weighted by Gasteiger charge is -2.12. The van der Waals surface area contributed by atoms with Crippen LogP contribution in [0.1, 0.15) is 16.7 Å². The topological polar surface area (TPSA) is 94.3 Å². The van der Waals surface area contributed by atoms with Gasteiger partial charge >= 0.3 is 0 Å². The first-order valence-electron chi connectivity index (χ1n) is 14.9. The van der Waals surface area contributed by atoms with Crippen molar-refractivity contribution in [1.82, 2.24) is 35.2 Å². The van der Waals surface area contributed by atoms with Gasteiger partial charge in [0.05, 0.1) is 11.4 Å². The molecule has 0 amide bonds. The van der Waals surface area contributed by atoms with E-state index < -0.39 is 9.39 Å². The van der Waals surface area contributed by atoms with Crippen molar-refractivity contribution in [3.63, 3.8) is 0 Å². The standard InChI is InChI=1S/C37H34FN7S/c1-46(2,3)42-21-25-12-27(15-30(38)14-25)31-10-7-11-34-32(31)17-35(43-34)36-33-16-29(23-41-37(33)45-44-36)28-13-26(20-40-22-28)19-39-18-24-8-5-4-6-9-24/h4-17,20,22-23,39,42-43H,1-2,18-19,21H2,3H3,(H,41,44,45). The highest BCUT2D eigenvalue weighted by Gasteiger charge is 2.16. The molecule has 0 unspecified atom stereocenters. The Bertz CT molecular complexity index is 2290. The van der Waals surface area contributed by atoms with Crippen LogP contribution in [0.4, 0.5) is 4.39 Å². The van der Waals surface area contributed by atoms with E-state index >= 15 is 0 Å². The Hall–Kier alpha value is -5.09. The van der Waals surface area contributed by atoms with Crippen LogP contribution in [0.15, 0.2) is 104 Å². The summed E-state index contributed by atoms with van der Waals surface area (Å²) >= 11 is 0. The van der Waals surface area contributed by atoms with E-state index in [2.05, 4.69) is 77.3 Å². The number of H-pyrrole nitrogens is 2. The molecule has 0 bridgehead atoms. The minimum Gasteiger partial charge on any atom is -0.353 e. The van der Waals surface area contributed by atoms with Gasteiger partial charge < -0.3 is 10.3 Å². The van der Waals surface area contributed by atoms with Crippen molar-refractivity contribution in [2.75, 3.05) is 6.26 Å². The average molecular weight is 628 g/mol. The third-order valence-electron chi connectivity index (χ3n) is 7.87. The summed E-state index contributed by atoms with van der Waals surface area (Å²) in [6, 6.07) is 27.8. The Kier molecular flexibility index (Phi) is 7.96. The first-order chi connectivity index (χ1) is 22.3. The lowest BCUT2D eigenvalue weighted by atomic mass is 9.99. The normalized spacial score (nSPS) is 11.9. The molecule has 230 valence electrons. The van der Waals surface area contributed by atoms with E-state index in [-0.39, 0.29) is 5.82 Å². The summed E-state index contributed by atoms with van der Waals surface area (Å²) < 4.78 is 18.1. The molecule has 4 N–H and O–H groups in total. The summed E-state index contributed by atoms with van der Waals surface area (Å²) in [6.07, 6.45) is 7.54. The van der Waals surface area contributed by atoms with Crippen molar-refractivity contribution in [1.29, 1.82) is 0 Å². The molecule has 7 aromatic rings. The largest absolute Gasteiger partial charge is 0.353 e. The minimum atomic E-state index is -1.42. The molecule has 0 spiro atoms. The number of aromatic nitrogens is 5. The van der Waals surface area contributed by atoms with Crippen LogP contribution in [-0.2, 0) is 19.6 Å². The average Bonchev–Trinajstić information content (AvgIpc) is 3.68. The molecule has 0 atom stereocenters. The first kappa shape index (κ1) is 29.6. The molecule has 0 saturated carbocycles. The van der Waals surface area contributed by atoms with Crippen molar-refractivity contribution < 1.29 is 4.39 Å². The molecule has 4 heterocycles. The fraction of sp³-hybridized carbons (Fsp3) is 0.108. The summed E-state index contributed by atoms with van der Waals surface area (Å²) in [7, 11) is -1.42. The van der Waals surface area contributed by atoms with Crippen LogP contribution >= 0.6 is 9.39 Å². The van der Waals surface area contributed by atoms with Gasteiger partial charge in [0.25, 0.3) is 0 Å². The summed E-state index contributed by atoms with van der Waals surface area (Å²) in [5, 5.41) is 13.0. The van der Waals surface area contributed by atoms with Crippen LogP contribution in [0.2, 0.25) is 0 Å². The van der Waals surface area contributed by atoms with Gasteiger partial charge in [-0.05, 0) is 76.5 Å². The fourth-order valence-electron chi connectivity index (χ4n) is 5.66. The quantitative estimate of drug-likeness (QED) is 0.117. The molecule has 0 aliphatic heterocycles. The van der Waals surface area contributed by atoms with E-state index in [1.165, 1.54) is 5.56 Å². The predicted octanol–water partition coefficient (Wildman–Crippen LogP) is 7.57. The molecular formula is C37H34FN7S. The Morgan fingerprint density at radius 1 is 0.761 bits per heavy atom. The molecule has 7 rings (SSSR count). The van der Waals surface area contributed by atoms with E-state index in [4.69, 9.17) is 0 Å². The van der Waals surface area contributed by atoms with Gasteiger partial charge in [0.2, 0.25) is 0 Å². The van der Waals surface area contributed by atoms with Crippen LogP contribution in [0.5, 0.6) is 0 Å². The van der Waals surface area contributed by atoms with Gasteiger partial charge in [0.15, 0.2) is 5.65 Å². The van der Waals surface area contributed by atoms with Crippen molar-refractivity contribution >= 4 is 43.1 Å². The second kappa shape index (κ2) is 12.4. The second-order valence-electron chi connectivity index (χ2n) is 11.8. The number of benzene rings is 3. The van der Waals surface area contributed by atoms with Gasteiger partial charge in [-0.1, -0.05) is 54.2 Å². The summed E-state index contributed by atoms with van der Waals surface area (Å²) in [6.45, 7) is 1.99. The number of rotatable bonds is 10. The number of halogens is 1. The zero-order valence-electron chi connectivity index (χ0n) is 25.5. The van der Waals surface area contributed by atoms with Crippen molar-refractivity contribution in [3.8, 4) is 33.6 Å². The van der Waals surface area contributed by atoms with Gasteiger partial charge in [0.1, 0.15) is 5.82 Å². The van der Waals surface area contributed by atoms with Crippen molar-refractivity contribution in [2.45, 2.75) is 19.6 Å². The smallest absolute Gasteiger partial charge is 0.181 e. The highest BCUT2D eigenvalue weighted by atomic mass is 32.2. The summed E-state index contributed by atoms with van der Waals surface area (Å²) in [4.78, 5) is 12.7. The molecule has 0 aliphatic carbocycles. The Balaban J connectivity index is 1.19. The van der Waals surface area contributed by atoms with E-state index in [1.54, 1.807) is 12.1 Å². The van der Waals surface area contributed by atoms with E-state index in [1.807, 2.05) is 67.3 Å². The Labute approximate surface area is 267 Å². The van der Waals surface area contributed by atoms with Crippen LogP contribution in [0.3, 0.4) is 0 Å². The summed E-state index contributed by atoms with van der Waals surface area (Å²) in [5.41, 5.74) is 10.1. The maximum Gasteiger partial charge on any atom is 0.181 e. The molecule has 4 aromatic heterocycles. The monoisotopic (exact) mass is 627 g/mol. The lowest BCUT2D eigenvalue weighted by Crippen LogP contribution is -2.12. The van der Waals surface area contributed by atoms with Gasteiger partial charge in [-0.2, -0.15) is 14.5 Å². The molecule has 0 fully saturated rings. The number of nitrogens with zero attached hydrogens (tertiary/aromatic N) is 3. The number of pyridine rings is 2. The molecule has 0 saturated heterocycles. The van der Waals surface area contributed by atoms with Crippen molar-refractivity contribution in [3.05, 3.63) is 126 Å². The maximum atomic E-state index is 14.8. The minimum absolute atomic E-state index is 0.282. The van der Waals surface area contributed by atoms with Crippen LogP contribution < -0.4 is 10.0 Å². The Morgan fingerprint density at radius 2 is 1.57 bits per heavy atom. The summed E-state index contributed by atoms with van der Waals surface area (Å²) in [5.74, 6) is 7.86. The van der Waals surface area contributed by atoms with Gasteiger partial charge in [0, 0.05) is 65.6 Å². The second-order valence-corrected chi connectivity index (χ2v) is 14.6. The third kappa shape index (κ3) is 6.48. The Morgan fingerprint density at radius 3 is 2.41 bits per heavy atom. The van der Waals surface area contributed by atoms with Gasteiger partial charge in [-0.3, -0.25) is 14.8 Å². The SMILES string of the molecule is C=S(=C)(C)NCc1cc(F)cc(-c2cccc3[nH]c(-c4[nH]nc5ncc(-c6cncc(CNCc7ccccc7)c6)cc45)cc23)c1. The van der Waals surface area contributed by atoms with Gasteiger partial charge in [-0.15, -0.1) is 0 Å². The zero-order chi connectivity index (χ0) is 31.7. The highest BCUT2D eigenvalue weighted by molar-refractivity contribution is 8.25. The predicted molar refractivity (Wildman–Crippen MR) is 191 cm³/mol. The zero-order valence-corrected chi connectivity index (χ0v) is 26.3. The number of aromatic amines is 2. The van der Waals surface area contributed by atoms with E-state index in [0.717, 1.165) is 67.6 Å². The van der Waals surface area contributed by atoms with Crippen LogP contribution in [0.25, 0.3) is 55.6 Å². The van der Waals surface area contributed by atoms with Crippen molar-refractivity contribution in [2.24, 2.45) is 0 Å². The molecule has 0 aliphatic rings. The van der Waals surface area contributed by atoms with E-state index in [9.17, 15) is 4.39 Å². The molecule has 7 nitrogen and oxygen atoms in total. The maximum absolute atomic E-state index is 14.8. The molecule has 3 aromatic carbocycles. The molecule has 46 heavy (non-hydrogen) atoms. The third-order valence-corrected chi connectivity index (χ3v) is 8.71. The van der Waals surface area contributed by atoms with E-state index in [0.29, 0.717) is 18.7 Å². The van der Waals surface area contributed by atoms with Crippen LogP contribution in [0, 0.1) is 5.82 Å². The number of fused-ring (bicyclic) bond motifs is 2. The molecule has 0 radical (unpaired) electrons. The number of hydrogen-bond donors (Lipinski definition) is 4. The van der Waals surface area contributed by atoms with Crippen LogP contribution in [-0.4, -0.2) is 43.1 Å². The molecular weight excluding hydrogens is 594 g/mol. The highest BCUT2D eigenvalue weighted by Crippen LogP contribution is 2.35. The number of nitrogens with one attached hydrogen (secondary N) is 4. The van der Waals surface area contributed by atoms with Gasteiger partial charge in [-0.25, -0.2) is 9.37 Å². The molecule has 9 heteroatoms. The fourth-order valence-corrected chi connectivity index (χ4v) is 6.17.